The first-order valence-corrected chi connectivity index (χ1v) is 9.00. The van der Waals surface area contributed by atoms with E-state index in [1.165, 1.54) is 34.7 Å². The van der Waals surface area contributed by atoms with Crippen LogP contribution in [0.4, 0.5) is 4.39 Å². The highest BCUT2D eigenvalue weighted by atomic mass is 32.2. The molecule has 1 aliphatic heterocycles. The second-order valence-electron chi connectivity index (χ2n) is 5.97. The summed E-state index contributed by atoms with van der Waals surface area (Å²) in [5, 5.41) is 13.6. The molecule has 4 nitrogen and oxygen atoms in total. The lowest BCUT2D eigenvalue weighted by Gasteiger charge is -2.19. The molecule has 2 heterocycles. The summed E-state index contributed by atoms with van der Waals surface area (Å²) in [5.41, 5.74) is 6.23. The zero-order valence-corrected chi connectivity index (χ0v) is 14.4. The van der Waals surface area contributed by atoms with Crippen molar-refractivity contribution < 1.29 is 4.39 Å². The van der Waals surface area contributed by atoms with Crippen molar-refractivity contribution in [3.05, 3.63) is 83.5 Å². The van der Waals surface area contributed by atoms with Crippen molar-refractivity contribution in [2.75, 3.05) is 5.43 Å². The standard InChI is InChI=1S/C20H13FN4S/c21-17-9-7-14(8-10-17)19-22-23-20-25(19)24-18(12-26-20)16-6-5-13-3-1-2-4-15(13)11-16/h1-12,24H. The van der Waals surface area contributed by atoms with Crippen LogP contribution in [-0.2, 0) is 0 Å². The molecule has 5 rings (SSSR count). The molecule has 0 saturated heterocycles. The van der Waals surface area contributed by atoms with E-state index in [2.05, 4.69) is 46.0 Å². The Morgan fingerprint density at radius 1 is 0.846 bits per heavy atom. The smallest absolute Gasteiger partial charge is 0.214 e. The van der Waals surface area contributed by atoms with E-state index in [9.17, 15) is 4.39 Å². The summed E-state index contributed by atoms with van der Waals surface area (Å²) in [5.74, 6) is 0.380. The zero-order valence-electron chi connectivity index (χ0n) is 13.6. The lowest BCUT2D eigenvalue weighted by Crippen LogP contribution is -2.18. The van der Waals surface area contributed by atoms with Crippen LogP contribution in [0.25, 0.3) is 27.9 Å². The van der Waals surface area contributed by atoms with Crippen molar-refractivity contribution >= 4 is 28.2 Å². The predicted molar refractivity (Wildman–Crippen MR) is 103 cm³/mol. The minimum Gasteiger partial charge on any atom is -0.289 e. The molecule has 1 N–H and O–H groups in total. The van der Waals surface area contributed by atoms with E-state index < -0.39 is 0 Å². The summed E-state index contributed by atoms with van der Waals surface area (Å²) in [4.78, 5) is 0. The predicted octanol–water partition coefficient (Wildman–Crippen LogP) is 4.89. The number of halogens is 1. The molecule has 0 unspecified atom stereocenters. The third-order valence-corrected chi connectivity index (χ3v) is 5.14. The van der Waals surface area contributed by atoms with Gasteiger partial charge < -0.3 is 0 Å². The summed E-state index contributed by atoms with van der Waals surface area (Å²) < 4.78 is 15.0. The van der Waals surface area contributed by atoms with Crippen LogP contribution in [0.1, 0.15) is 5.56 Å². The monoisotopic (exact) mass is 360 g/mol. The van der Waals surface area contributed by atoms with E-state index in [4.69, 9.17) is 0 Å². The van der Waals surface area contributed by atoms with Crippen LogP contribution in [0.3, 0.4) is 0 Å². The molecule has 26 heavy (non-hydrogen) atoms. The lowest BCUT2D eigenvalue weighted by molar-refractivity contribution is 0.628. The third kappa shape index (κ3) is 2.55. The van der Waals surface area contributed by atoms with Crippen LogP contribution in [-0.4, -0.2) is 14.9 Å². The van der Waals surface area contributed by atoms with Gasteiger partial charge in [0.2, 0.25) is 5.16 Å². The zero-order chi connectivity index (χ0) is 17.5. The molecule has 1 aliphatic rings. The van der Waals surface area contributed by atoms with Gasteiger partial charge in [0.15, 0.2) is 5.82 Å². The molecule has 0 aliphatic carbocycles. The van der Waals surface area contributed by atoms with E-state index in [0.29, 0.717) is 5.82 Å². The summed E-state index contributed by atoms with van der Waals surface area (Å²) in [6.45, 7) is 0. The first-order valence-electron chi connectivity index (χ1n) is 8.12. The highest BCUT2D eigenvalue weighted by Gasteiger charge is 2.19. The summed E-state index contributed by atoms with van der Waals surface area (Å²) in [6.07, 6.45) is 0. The minimum atomic E-state index is -0.272. The van der Waals surface area contributed by atoms with E-state index in [0.717, 1.165) is 22.0 Å². The SMILES string of the molecule is Fc1ccc(-c2nnc3n2NC(c2ccc4ccccc4c2)=CS3)cc1. The Bertz CT molecular complexity index is 1150. The average molecular weight is 360 g/mol. The fourth-order valence-corrected chi connectivity index (χ4v) is 3.72. The van der Waals surface area contributed by atoms with E-state index in [1.54, 1.807) is 12.1 Å². The van der Waals surface area contributed by atoms with Crippen molar-refractivity contribution in [3.8, 4) is 11.4 Å². The molecular weight excluding hydrogens is 347 g/mol. The number of rotatable bonds is 2. The average Bonchev–Trinajstić information content (AvgIpc) is 3.11. The molecule has 0 spiro atoms. The van der Waals surface area contributed by atoms with Crippen LogP contribution < -0.4 is 5.43 Å². The van der Waals surface area contributed by atoms with Crippen LogP contribution in [0.5, 0.6) is 0 Å². The largest absolute Gasteiger partial charge is 0.289 e. The number of nitrogens with one attached hydrogen (secondary N) is 1. The maximum absolute atomic E-state index is 13.2. The first kappa shape index (κ1) is 15.2. The van der Waals surface area contributed by atoms with Gasteiger partial charge in [-0.1, -0.05) is 48.2 Å². The third-order valence-electron chi connectivity index (χ3n) is 4.31. The number of thioether (sulfide) groups is 1. The van der Waals surface area contributed by atoms with Gasteiger partial charge in [0.05, 0.1) is 5.70 Å². The van der Waals surface area contributed by atoms with Crippen molar-refractivity contribution in [1.82, 2.24) is 14.9 Å². The maximum Gasteiger partial charge on any atom is 0.214 e. The molecule has 1 aromatic heterocycles. The molecule has 126 valence electrons. The van der Waals surface area contributed by atoms with Crippen LogP contribution in [0.15, 0.2) is 77.3 Å². The molecule has 3 aromatic carbocycles. The number of hydrogen-bond donors (Lipinski definition) is 1. The number of aromatic nitrogens is 3. The van der Waals surface area contributed by atoms with E-state index in [1.807, 2.05) is 22.2 Å². The van der Waals surface area contributed by atoms with Crippen LogP contribution >= 0.6 is 11.8 Å². The molecule has 6 heteroatoms. The van der Waals surface area contributed by atoms with Gasteiger partial charge in [-0.3, -0.25) is 5.43 Å². The van der Waals surface area contributed by atoms with Gasteiger partial charge >= 0.3 is 0 Å². The molecule has 0 radical (unpaired) electrons. The van der Waals surface area contributed by atoms with Crippen molar-refractivity contribution in [1.29, 1.82) is 0 Å². The summed E-state index contributed by atoms with van der Waals surface area (Å²) >= 11 is 1.51. The second-order valence-corrected chi connectivity index (χ2v) is 6.81. The highest BCUT2D eigenvalue weighted by molar-refractivity contribution is 8.02. The fraction of sp³-hybridized carbons (Fsp3) is 0. The Morgan fingerprint density at radius 2 is 1.62 bits per heavy atom. The molecule has 0 amide bonds. The Kier molecular flexibility index (Phi) is 3.50. The number of benzene rings is 3. The molecule has 0 bridgehead atoms. The van der Waals surface area contributed by atoms with Crippen molar-refractivity contribution in [2.45, 2.75) is 5.16 Å². The molecule has 4 aromatic rings. The summed E-state index contributed by atoms with van der Waals surface area (Å²) in [6, 6.07) is 20.9. The fourth-order valence-electron chi connectivity index (χ4n) is 2.98. The molecular formula is C20H13FN4S. The van der Waals surface area contributed by atoms with Gasteiger partial charge in [0, 0.05) is 16.5 Å². The molecule has 0 atom stereocenters. The van der Waals surface area contributed by atoms with E-state index >= 15 is 0 Å². The highest BCUT2D eigenvalue weighted by Crippen LogP contribution is 2.32. The van der Waals surface area contributed by atoms with Gasteiger partial charge in [-0.15, -0.1) is 10.2 Å². The van der Waals surface area contributed by atoms with E-state index in [-0.39, 0.29) is 5.82 Å². The Labute approximate surface area is 153 Å². The van der Waals surface area contributed by atoms with Crippen LogP contribution in [0, 0.1) is 5.82 Å². The van der Waals surface area contributed by atoms with Gasteiger partial charge in [0.25, 0.3) is 0 Å². The Balaban J connectivity index is 1.52. The second kappa shape index (κ2) is 6.00. The van der Waals surface area contributed by atoms with Crippen molar-refractivity contribution in [3.63, 3.8) is 0 Å². The van der Waals surface area contributed by atoms with Gasteiger partial charge in [-0.05, 0) is 41.1 Å². The minimum absolute atomic E-state index is 0.272. The number of fused-ring (bicyclic) bond motifs is 2. The topological polar surface area (TPSA) is 42.7 Å². The van der Waals surface area contributed by atoms with Crippen LogP contribution in [0.2, 0.25) is 0 Å². The first-order chi connectivity index (χ1) is 12.8. The van der Waals surface area contributed by atoms with Gasteiger partial charge in [-0.25, -0.2) is 9.07 Å². The maximum atomic E-state index is 13.2. The number of nitrogens with zero attached hydrogens (tertiary/aromatic N) is 3. The van der Waals surface area contributed by atoms with Gasteiger partial charge in [0.1, 0.15) is 5.82 Å². The lowest BCUT2D eigenvalue weighted by atomic mass is 10.1. The quantitative estimate of drug-likeness (QED) is 0.553. The van der Waals surface area contributed by atoms with Gasteiger partial charge in [-0.2, -0.15) is 0 Å². The molecule has 0 fully saturated rings. The molecule has 0 saturated carbocycles. The van der Waals surface area contributed by atoms with Crippen molar-refractivity contribution in [2.24, 2.45) is 0 Å². The summed E-state index contributed by atoms with van der Waals surface area (Å²) in [7, 11) is 0. The Morgan fingerprint density at radius 3 is 2.46 bits per heavy atom. The number of hydrogen-bond acceptors (Lipinski definition) is 4. The normalized spacial score (nSPS) is 13.2. The Hall–Kier alpha value is -3.12.